The van der Waals surface area contributed by atoms with Crippen molar-refractivity contribution in [3.8, 4) is 0 Å². The molecule has 0 amide bonds. The first-order valence-corrected chi connectivity index (χ1v) is 2.29. The zero-order valence-electron chi connectivity index (χ0n) is 5.23. The minimum Gasteiger partial charge on any atom is -0.384 e. The Labute approximate surface area is 45.6 Å². The molecule has 0 aromatic carbocycles. The van der Waals surface area contributed by atoms with Gasteiger partial charge in [0.2, 0.25) is 0 Å². The fourth-order valence-corrected chi connectivity index (χ4v) is 0.441. The molecular formula is C6H12N. The summed E-state index contributed by atoms with van der Waals surface area (Å²) < 4.78 is 0. The van der Waals surface area contributed by atoms with Crippen LogP contribution in [0.5, 0.6) is 0 Å². The van der Waals surface area contributed by atoms with Crippen LogP contribution < -0.4 is 0 Å². The Kier molecular flexibility index (Phi) is 2.49. The SMILES string of the molecule is [CH2]C(C)=CN(C)C. The van der Waals surface area contributed by atoms with Crippen LogP contribution in [0, 0.1) is 6.92 Å². The normalized spacial score (nSPS) is 11.7. The zero-order chi connectivity index (χ0) is 5.86. The van der Waals surface area contributed by atoms with Gasteiger partial charge in [-0.05, 0) is 20.0 Å². The zero-order valence-corrected chi connectivity index (χ0v) is 5.23. The highest BCUT2D eigenvalue weighted by Gasteiger charge is 1.75. The van der Waals surface area contributed by atoms with Gasteiger partial charge < -0.3 is 4.90 Å². The Balaban J connectivity index is 3.45. The van der Waals surface area contributed by atoms with Crippen molar-refractivity contribution in [3.05, 3.63) is 18.7 Å². The van der Waals surface area contributed by atoms with Gasteiger partial charge in [-0.1, -0.05) is 5.57 Å². The maximum absolute atomic E-state index is 3.70. The first kappa shape index (κ1) is 6.54. The number of hydrogen-bond donors (Lipinski definition) is 0. The van der Waals surface area contributed by atoms with Gasteiger partial charge in [0.25, 0.3) is 0 Å². The van der Waals surface area contributed by atoms with Crippen LogP contribution in [-0.4, -0.2) is 19.0 Å². The lowest BCUT2D eigenvalue weighted by molar-refractivity contribution is 0.560. The Bertz CT molecular complexity index is 68.2. The summed E-state index contributed by atoms with van der Waals surface area (Å²) in [7, 11) is 3.96. The van der Waals surface area contributed by atoms with E-state index in [2.05, 4.69) is 6.92 Å². The number of nitrogens with zero attached hydrogens (tertiary/aromatic N) is 1. The summed E-state index contributed by atoms with van der Waals surface area (Å²) in [6.45, 7) is 5.67. The van der Waals surface area contributed by atoms with E-state index in [1.165, 1.54) is 0 Å². The van der Waals surface area contributed by atoms with Gasteiger partial charge in [0, 0.05) is 14.1 Å². The third-order valence-electron chi connectivity index (χ3n) is 0.479. The monoisotopic (exact) mass is 98.1 g/mol. The summed E-state index contributed by atoms with van der Waals surface area (Å²) in [5.41, 5.74) is 1.09. The Morgan fingerprint density at radius 1 is 1.57 bits per heavy atom. The van der Waals surface area contributed by atoms with Crippen molar-refractivity contribution in [2.75, 3.05) is 14.1 Å². The topological polar surface area (TPSA) is 3.24 Å². The smallest absolute Gasteiger partial charge is 0.00556 e. The maximum atomic E-state index is 3.70. The van der Waals surface area contributed by atoms with Crippen molar-refractivity contribution < 1.29 is 0 Å². The molecule has 0 aliphatic heterocycles. The maximum Gasteiger partial charge on any atom is 0.00556 e. The molecule has 0 spiro atoms. The van der Waals surface area contributed by atoms with Crippen LogP contribution in [0.3, 0.4) is 0 Å². The second-order valence-electron chi connectivity index (χ2n) is 1.94. The van der Waals surface area contributed by atoms with Crippen LogP contribution in [0.1, 0.15) is 6.92 Å². The van der Waals surface area contributed by atoms with E-state index in [1.54, 1.807) is 0 Å². The van der Waals surface area contributed by atoms with Gasteiger partial charge in [0.05, 0.1) is 0 Å². The largest absolute Gasteiger partial charge is 0.384 e. The molecule has 0 fully saturated rings. The lowest BCUT2D eigenvalue weighted by Crippen LogP contribution is -2.00. The van der Waals surface area contributed by atoms with E-state index >= 15 is 0 Å². The molecule has 0 bridgehead atoms. The van der Waals surface area contributed by atoms with Crippen molar-refractivity contribution in [2.24, 2.45) is 0 Å². The van der Waals surface area contributed by atoms with Gasteiger partial charge in [0.15, 0.2) is 0 Å². The highest BCUT2D eigenvalue weighted by Crippen LogP contribution is 1.87. The van der Waals surface area contributed by atoms with Crippen LogP contribution >= 0.6 is 0 Å². The predicted octanol–water partition coefficient (Wildman–Crippen LogP) is 1.29. The summed E-state index contributed by atoms with van der Waals surface area (Å²) in [4.78, 5) is 1.97. The molecule has 0 rings (SSSR count). The van der Waals surface area contributed by atoms with Gasteiger partial charge in [-0.2, -0.15) is 0 Å². The Morgan fingerprint density at radius 2 is 2.00 bits per heavy atom. The second kappa shape index (κ2) is 2.67. The third-order valence-corrected chi connectivity index (χ3v) is 0.479. The molecule has 1 radical (unpaired) electrons. The summed E-state index contributed by atoms with van der Waals surface area (Å²) in [5, 5.41) is 0. The van der Waals surface area contributed by atoms with Crippen molar-refractivity contribution in [1.82, 2.24) is 4.90 Å². The molecular weight excluding hydrogens is 86.1 g/mol. The third kappa shape index (κ3) is 5.54. The molecule has 0 aliphatic carbocycles. The molecule has 7 heavy (non-hydrogen) atoms. The molecule has 0 aromatic heterocycles. The van der Waals surface area contributed by atoms with Gasteiger partial charge in [-0.15, -0.1) is 0 Å². The molecule has 1 nitrogen and oxygen atoms in total. The fraction of sp³-hybridized carbons (Fsp3) is 0.500. The highest BCUT2D eigenvalue weighted by molar-refractivity contribution is 4.98. The van der Waals surface area contributed by atoms with E-state index in [1.807, 2.05) is 32.1 Å². The molecule has 0 heterocycles. The average molecular weight is 98.2 g/mol. The van der Waals surface area contributed by atoms with Crippen molar-refractivity contribution in [2.45, 2.75) is 6.92 Å². The Hall–Kier alpha value is -0.460. The van der Waals surface area contributed by atoms with E-state index in [4.69, 9.17) is 0 Å². The summed E-state index contributed by atoms with van der Waals surface area (Å²) in [6, 6.07) is 0. The first-order chi connectivity index (χ1) is 3.13. The average Bonchev–Trinajstić information content (AvgIpc) is 1.27. The highest BCUT2D eigenvalue weighted by atomic mass is 15.0. The lowest BCUT2D eigenvalue weighted by Gasteiger charge is -2.03. The molecule has 0 unspecified atom stereocenters. The van der Waals surface area contributed by atoms with Crippen molar-refractivity contribution in [1.29, 1.82) is 0 Å². The summed E-state index contributed by atoms with van der Waals surface area (Å²) in [5.74, 6) is 0. The molecule has 0 aliphatic rings. The quantitative estimate of drug-likeness (QED) is 0.477. The van der Waals surface area contributed by atoms with Gasteiger partial charge in [0.1, 0.15) is 0 Å². The number of allylic oxidation sites excluding steroid dienone is 1. The number of hydrogen-bond acceptors (Lipinski definition) is 1. The van der Waals surface area contributed by atoms with Crippen LogP contribution in [0.2, 0.25) is 0 Å². The molecule has 0 saturated heterocycles. The van der Waals surface area contributed by atoms with E-state index < -0.39 is 0 Å². The predicted molar refractivity (Wildman–Crippen MR) is 32.8 cm³/mol. The van der Waals surface area contributed by atoms with E-state index in [9.17, 15) is 0 Å². The fourth-order valence-electron chi connectivity index (χ4n) is 0.441. The molecule has 0 saturated carbocycles. The minimum absolute atomic E-state index is 1.09. The van der Waals surface area contributed by atoms with Crippen LogP contribution in [0.25, 0.3) is 0 Å². The Morgan fingerprint density at radius 3 is 2.00 bits per heavy atom. The summed E-state index contributed by atoms with van der Waals surface area (Å²) >= 11 is 0. The second-order valence-corrected chi connectivity index (χ2v) is 1.94. The molecule has 0 atom stereocenters. The molecule has 0 aromatic rings. The minimum atomic E-state index is 1.09. The molecule has 1 heteroatoms. The van der Waals surface area contributed by atoms with E-state index in [0.29, 0.717) is 0 Å². The first-order valence-electron chi connectivity index (χ1n) is 2.29. The van der Waals surface area contributed by atoms with Gasteiger partial charge in [-0.3, -0.25) is 0 Å². The van der Waals surface area contributed by atoms with E-state index in [0.717, 1.165) is 5.57 Å². The lowest BCUT2D eigenvalue weighted by atomic mass is 10.4. The number of rotatable bonds is 1. The van der Waals surface area contributed by atoms with Crippen molar-refractivity contribution in [3.63, 3.8) is 0 Å². The molecule has 41 valence electrons. The van der Waals surface area contributed by atoms with Gasteiger partial charge >= 0.3 is 0 Å². The van der Waals surface area contributed by atoms with E-state index in [-0.39, 0.29) is 0 Å². The van der Waals surface area contributed by atoms with Crippen LogP contribution in [0.15, 0.2) is 11.8 Å². The van der Waals surface area contributed by atoms with Crippen LogP contribution in [0.4, 0.5) is 0 Å². The molecule has 0 N–H and O–H groups in total. The van der Waals surface area contributed by atoms with Crippen molar-refractivity contribution >= 4 is 0 Å². The standard InChI is InChI=1S/C6H12N/c1-6(2)5-7(3)4/h5H,1H2,2-4H3. The summed E-state index contributed by atoms with van der Waals surface area (Å²) in [6.07, 6.45) is 1.97. The van der Waals surface area contributed by atoms with Crippen LogP contribution in [-0.2, 0) is 0 Å². The van der Waals surface area contributed by atoms with Gasteiger partial charge in [-0.25, -0.2) is 0 Å².